The topological polar surface area (TPSA) is 116 Å². The minimum absolute atomic E-state index is 0.0564. The van der Waals surface area contributed by atoms with Crippen LogP contribution in [0, 0.1) is 12.7 Å². The van der Waals surface area contributed by atoms with Crippen molar-refractivity contribution in [2.75, 3.05) is 7.11 Å². The lowest BCUT2D eigenvalue weighted by atomic mass is 10.1. The number of methoxy groups -OCH3 is 1. The maximum atomic E-state index is 13.4. The number of aromatic nitrogens is 6. The van der Waals surface area contributed by atoms with E-state index in [1.165, 1.54) is 36.2 Å². The first kappa shape index (κ1) is 18.4. The molecule has 2 heterocycles. The van der Waals surface area contributed by atoms with Gasteiger partial charge in [0.1, 0.15) is 18.2 Å². The van der Waals surface area contributed by atoms with Crippen LogP contribution in [0.15, 0.2) is 41.2 Å². The number of nitrogens with one attached hydrogen (secondary N) is 1. The molecule has 0 bridgehead atoms. The zero-order valence-electron chi connectivity index (χ0n) is 15.5. The molecule has 0 fully saturated rings. The molecule has 4 rings (SSSR count). The van der Waals surface area contributed by atoms with E-state index in [1.54, 1.807) is 19.1 Å². The van der Waals surface area contributed by atoms with Crippen molar-refractivity contribution in [3.05, 3.63) is 69.5 Å². The number of esters is 1. The second-order valence-corrected chi connectivity index (χ2v) is 6.34. The molecule has 0 aliphatic heterocycles. The minimum atomic E-state index is -0.521. The Hall–Kier alpha value is -3.95. The van der Waals surface area contributed by atoms with Gasteiger partial charge in [-0.2, -0.15) is 4.80 Å². The van der Waals surface area contributed by atoms with Crippen LogP contribution in [0.1, 0.15) is 21.7 Å². The summed E-state index contributed by atoms with van der Waals surface area (Å²) < 4.78 is 18.1. The molecular formula is C19H15FN6O3. The number of tetrazole rings is 1. The van der Waals surface area contributed by atoms with E-state index in [-0.39, 0.29) is 23.5 Å². The third kappa shape index (κ3) is 3.59. The number of nitrogens with zero attached hydrogens (tertiary/aromatic N) is 5. The van der Waals surface area contributed by atoms with Crippen LogP contribution in [-0.4, -0.2) is 43.3 Å². The number of hydrogen-bond acceptors (Lipinski definition) is 7. The quantitative estimate of drug-likeness (QED) is 0.525. The van der Waals surface area contributed by atoms with Gasteiger partial charge in [0.2, 0.25) is 5.82 Å². The summed E-state index contributed by atoms with van der Waals surface area (Å²) in [6, 6.07) is 9.03. The molecule has 0 aliphatic rings. The first-order valence-corrected chi connectivity index (χ1v) is 8.60. The van der Waals surface area contributed by atoms with Crippen LogP contribution in [0.4, 0.5) is 4.39 Å². The number of aromatic amines is 1. The first-order valence-electron chi connectivity index (χ1n) is 8.60. The molecule has 10 heteroatoms. The van der Waals surface area contributed by atoms with E-state index in [1.807, 2.05) is 0 Å². The average molecular weight is 394 g/mol. The molecule has 4 aromatic rings. The van der Waals surface area contributed by atoms with Gasteiger partial charge < -0.3 is 9.72 Å². The Morgan fingerprint density at radius 3 is 2.83 bits per heavy atom. The normalized spacial score (nSPS) is 11.0. The van der Waals surface area contributed by atoms with Gasteiger partial charge in [0.05, 0.1) is 23.6 Å². The highest BCUT2D eigenvalue weighted by Crippen LogP contribution is 2.17. The zero-order valence-corrected chi connectivity index (χ0v) is 15.5. The average Bonchev–Trinajstić information content (AvgIpc) is 3.17. The monoisotopic (exact) mass is 394 g/mol. The fourth-order valence-electron chi connectivity index (χ4n) is 2.85. The van der Waals surface area contributed by atoms with Crippen molar-refractivity contribution in [1.82, 2.24) is 30.2 Å². The fraction of sp³-hybridized carbons (Fsp3) is 0.158. The summed E-state index contributed by atoms with van der Waals surface area (Å²) in [7, 11) is 1.28. The van der Waals surface area contributed by atoms with E-state index >= 15 is 0 Å². The van der Waals surface area contributed by atoms with Crippen LogP contribution in [-0.2, 0) is 11.3 Å². The number of halogens is 1. The summed E-state index contributed by atoms with van der Waals surface area (Å²) in [5, 5.41) is 12.5. The lowest BCUT2D eigenvalue weighted by Crippen LogP contribution is -2.16. The van der Waals surface area contributed by atoms with Crippen molar-refractivity contribution < 1.29 is 13.9 Å². The van der Waals surface area contributed by atoms with Gasteiger partial charge >= 0.3 is 5.97 Å². The van der Waals surface area contributed by atoms with E-state index in [0.717, 1.165) is 0 Å². The summed E-state index contributed by atoms with van der Waals surface area (Å²) in [5.74, 6) is -0.217. The number of rotatable bonds is 4. The molecule has 0 spiro atoms. The van der Waals surface area contributed by atoms with Crippen molar-refractivity contribution in [2.45, 2.75) is 13.5 Å². The van der Waals surface area contributed by atoms with E-state index in [2.05, 4.69) is 25.4 Å². The Labute approximate surface area is 163 Å². The maximum absolute atomic E-state index is 13.4. The zero-order chi connectivity index (χ0) is 20.5. The number of H-pyrrole nitrogens is 1. The second-order valence-electron chi connectivity index (χ2n) is 6.34. The molecule has 0 unspecified atom stereocenters. The highest BCUT2D eigenvalue weighted by Gasteiger charge is 2.12. The number of aryl methyl sites for hydroxylation is 1. The molecule has 2 aromatic carbocycles. The van der Waals surface area contributed by atoms with Gasteiger partial charge in [-0.25, -0.2) is 14.2 Å². The number of benzene rings is 2. The van der Waals surface area contributed by atoms with E-state index < -0.39 is 5.97 Å². The van der Waals surface area contributed by atoms with Crippen LogP contribution in [0.3, 0.4) is 0 Å². The van der Waals surface area contributed by atoms with Crippen molar-refractivity contribution in [1.29, 1.82) is 0 Å². The Bertz CT molecular complexity index is 1300. The van der Waals surface area contributed by atoms with E-state index in [9.17, 15) is 14.0 Å². The number of carbonyl (C=O) groups excluding carboxylic acids is 1. The number of carbonyl (C=O) groups is 1. The molecule has 0 aliphatic carbocycles. The molecular weight excluding hydrogens is 379 g/mol. The molecule has 0 atom stereocenters. The fourth-order valence-corrected chi connectivity index (χ4v) is 2.85. The van der Waals surface area contributed by atoms with Crippen molar-refractivity contribution >= 4 is 16.9 Å². The summed E-state index contributed by atoms with van der Waals surface area (Å²) in [6.07, 6.45) is 0. The Kier molecular flexibility index (Phi) is 4.59. The van der Waals surface area contributed by atoms with Crippen LogP contribution in [0.25, 0.3) is 22.3 Å². The number of fused-ring (bicyclic) bond motifs is 1. The third-order valence-electron chi connectivity index (χ3n) is 4.34. The highest BCUT2D eigenvalue weighted by atomic mass is 19.1. The van der Waals surface area contributed by atoms with Crippen LogP contribution in [0.2, 0.25) is 0 Å². The molecule has 0 saturated heterocycles. The molecule has 2 aromatic heterocycles. The third-order valence-corrected chi connectivity index (χ3v) is 4.34. The largest absolute Gasteiger partial charge is 0.465 e. The molecule has 9 nitrogen and oxygen atoms in total. The highest BCUT2D eigenvalue weighted by molar-refractivity contribution is 5.93. The first-order chi connectivity index (χ1) is 13.9. The van der Waals surface area contributed by atoms with Crippen LogP contribution < -0.4 is 5.56 Å². The Morgan fingerprint density at radius 1 is 1.24 bits per heavy atom. The van der Waals surface area contributed by atoms with Gasteiger partial charge in [0.15, 0.2) is 0 Å². The van der Waals surface area contributed by atoms with Crippen molar-refractivity contribution in [2.24, 2.45) is 0 Å². The SMILES string of the molecule is COC(=O)c1ccc2c(=O)[nH]c(Cn3nnc(-c4ccc(F)c(C)c4)n3)nc2c1. The predicted octanol–water partition coefficient (Wildman–Crippen LogP) is 1.86. The van der Waals surface area contributed by atoms with Gasteiger partial charge in [-0.05, 0) is 54.1 Å². The van der Waals surface area contributed by atoms with Gasteiger partial charge in [-0.15, -0.1) is 10.2 Å². The second kappa shape index (κ2) is 7.23. The number of ether oxygens (including phenoxy) is 1. The minimum Gasteiger partial charge on any atom is -0.465 e. The van der Waals surface area contributed by atoms with E-state index in [4.69, 9.17) is 4.74 Å². The molecule has 0 radical (unpaired) electrons. The standard InChI is InChI=1S/C19H15FN6O3/c1-10-7-11(4-6-14(10)20)17-23-25-26(24-17)9-16-21-15-8-12(19(28)29-2)3-5-13(15)18(27)22-16/h3-8H,9H2,1-2H3,(H,21,22,27). The van der Waals surface area contributed by atoms with Crippen molar-refractivity contribution in [3.63, 3.8) is 0 Å². The molecule has 29 heavy (non-hydrogen) atoms. The lowest BCUT2D eigenvalue weighted by Gasteiger charge is -2.04. The summed E-state index contributed by atoms with van der Waals surface area (Å²) in [4.78, 5) is 32.3. The van der Waals surface area contributed by atoms with Gasteiger partial charge in [0.25, 0.3) is 5.56 Å². The molecule has 0 amide bonds. The predicted molar refractivity (Wildman–Crippen MR) is 101 cm³/mol. The van der Waals surface area contributed by atoms with Crippen LogP contribution in [0.5, 0.6) is 0 Å². The van der Waals surface area contributed by atoms with Gasteiger partial charge in [-0.3, -0.25) is 4.79 Å². The van der Waals surface area contributed by atoms with Gasteiger partial charge in [-0.1, -0.05) is 0 Å². The summed E-state index contributed by atoms with van der Waals surface area (Å²) >= 11 is 0. The Morgan fingerprint density at radius 2 is 2.07 bits per heavy atom. The summed E-state index contributed by atoms with van der Waals surface area (Å²) in [5.41, 5.74) is 1.38. The summed E-state index contributed by atoms with van der Waals surface area (Å²) in [6.45, 7) is 1.70. The van der Waals surface area contributed by atoms with E-state index in [0.29, 0.717) is 33.7 Å². The molecule has 146 valence electrons. The van der Waals surface area contributed by atoms with Crippen molar-refractivity contribution in [3.8, 4) is 11.4 Å². The Balaban J connectivity index is 1.65. The lowest BCUT2D eigenvalue weighted by molar-refractivity contribution is 0.0601. The number of hydrogen-bond donors (Lipinski definition) is 1. The molecule has 0 saturated carbocycles. The molecule has 1 N–H and O–H groups in total. The maximum Gasteiger partial charge on any atom is 0.337 e. The van der Waals surface area contributed by atoms with Gasteiger partial charge in [0, 0.05) is 5.56 Å². The smallest absolute Gasteiger partial charge is 0.337 e. The van der Waals surface area contributed by atoms with Crippen LogP contribution >= 0.6 is 0 Å².